The van der Waals surface area contributed by atoms with Crippen molar-refractivity contribution in [3.63, 3.8) is 0 Å². The lowest BCUT2D eigenvalue weighted by Crippen LogP contribution is -2.39. The molecule has 0 heterocycles. The van der Waals surface area contributed by atoms with Crippen LogP contribution in [-0.4, -0.2) is 12.6 Å². The van der Waals surface area contributed by atoms with Crippen molar-refractivity contribution in [2.24, 2.45) is 11.7 Å². The molecule has 1 atom stereocenters. The van der Waals surface area contributed by atoms with Crippen LogP contribution in [0.3, 0.4) is 0 Å². The predicted molar refractivity (Wildman–Crippen MR) is 73.7 cm³/mol. The molecule has 1 unspecified atom stereocenters. The van der Waals surface area contributed by atoms with E-state index < -0.39 is 0 Å². The summed E-state index contributed by atoms with van der Waals surface area (Å²) in [5.74, 6) is 0.542. The highest BCUT2D eigenvalue weighted by molar-refractivity contribution is 9.10. The lowest BCUT2D eigenvalue weighted by Gasteiger charge is -2.20. The summed E-state index contributed by atoms with van der Waals surface area (Å²) in [7, 11) is 0. The van der Waals surface area contributed by atoms with E-state index in [1.807, 2.05) is 18.2 Å². The van der Waals surface area contributed by atoms with Crippen molar-refractivity contribution in [1.29, 1.82) is 0 Å². The lowest BCUT2D eigenvalue weighted by molar-refractivity contribution is 0.405. The first-order valence-electron chi connectivity index (χ1n) is 5.42. The second kappa shape index (κ2) is 6.60. The zero-order chi connectivity index (χ0) is 12.1. The second-order valence-electron chi connectivity index (χ2n) is 4.22. The van der Waals surface area contributed by atoms with Crippen LogP contribution in [0.25, 0.3) is 0 Å². The molecule has 3 N–H and O–H groups in total. The molecular weight excluding hydrogens is 288 g/mol. The number of hydrogen-bond donors (Lipinski definition) is 2. The van der Waals surface area contributed by atoms with Gasteiger partial charge in [0.15, 0.2) is 0 Å². The Labute approximate surface area is 111 Å². The van der Waals surface area contributed by atoms with Gasteiger partial charge in [0.2, 0.25) is 0 Å². The van der Waals surface area contributed by atoms with Crippen molar-refractivity contribution in [3.05, 3.63) is 33.3 Å². The molecule has 0 aliphatic heterocycles. The van der Waals surface area contributed by atoms with Crippen LogP contribution < -0.4 is 11.1 Å². The number of hydrogen-bond acceptors (Lipinski definition) is 2. The monoisotopic (exact) mass is 304 g/mol. The SMILES string of the molecule is CC(C)C(CN)NCc1ccc(Cl)c(Br)c1. The van der Waals surface area contributed by atoms with Crippen LogP contribution in [0.5, 0.6) is 0 Å². The van der Waals surface area contributed by atoms with E-state index in [0.29, 0.717) is 18.5 Å². The molecule has 2 nitrogen and oxygen atoms in total. The zero-order valence-electron chi connectivity index (χ0n) is 9.63. The maximum absolute atomic E-state index is 5.93. The van der Waals surface area contributed by atoms with Gasteiger partial charge in [-0.05, 0) is 39.5 Å². The van der Waals surface area contributed by atoms with E-state index in [9.17, 15) is 0 Å². The van der Waals surface area contributed by atoms with E-state index >= 15 is 0 Å². The fraction of sp³-hybridized carbons (Fsp3) is 0.500. The molecule has 0 aliphatic carbocycles. The number of nitrogens with one attached hydrogen (secondary N) is 1. The van der Waals surface area contributed by atoms with Crippen LogP contribution in [-0.2, 0) is 6.54 Å². The molecule has 0 radical (unpaired) electrons. The minimum absolute atomic E-state index is 0.356. The summed E-state index contributed by atoms with van der Waals surface area (Å²) >= 11 is 9.35. The molecule has 0 amide bonds. The molecule has 90 valence electrons. The fourth-order valence-electron chi connectivity index (χ4n) is 1.49. The fourth-order valence-corrected chi connectivity index (χ4v) is 2.03. The van der Waals surface area contributed by atoms with Crippen LogP contribution in [0.4, 0.5) is 0 Å². The summed E-state index contributed by atoms with van der Waals surface area (Å²) in [5, 5.41) is 4.18. The molecule has 4 heteroatoms. The number of halogens is 2. The quantitative estimate of drug-likeness (QED) is 0.877. The van der Waals surface area contributed by atoms with Gasteiger partial charge in [0, 0.05) is 23.6 Å². The Balaban J connectivity index is 2.57. The third-order valence-electron chi connectivity index (χ3n) is 2.61. The van der Waals surface area contributed by atoms with Crippen LogP contribution in [0.1, 0.15) is 19.4 Å². The smallest absolute Gasteiger partial charge is 0.0548 e. The Morgan fingerprint density at radius 1 is 1.44 bits per heavy atom. The Kier molecular flexibility index (Phi) is 5.76. The van der Waals surface area contributed by atoms with Crippen LogP contribution in [0.15, 0.2) is 22.7 Å². The summed E-state index contributed by atoms with van der Waals surface area (Å²) in [4.78, 5) is 0. The molecule has 16 heavy (non-hydrogen) atoms. The summed E-state index contributed by atoms with van der Waals surface area (Å²) in [6.07, 6.45) is 0. The summed E-state index contributed by atoms with van der Waals surface area (Å²) in [5.41, 5.74) is 6.90. The van der Waals surface area contributed by atoms with Crippen LogP contribution in [0, 0.1) is 5.92 Å². The number of benzene rings is 1. The van der Waals surface area contributed by atoms with E-state index in [-0.39, 0.29) is 0 Å². The van der Waals surface area contributed by atoms with E-state index in [0.717, 1.165) is 16.0 Å². The van der Waals surface area contributed by atoms with Gasteiger partial charge in [0.05, 0.1) is 5.02 Å². The Morgan fingerprint density at radius 2 is 2.12 bits per heavy atom. The van der Waals surface area contributed by atoms with Crippen molar-refractivity contribution < 1.29 is 0 Å². The molecule has 0 fully saturated rings. The average molecular weight is 306 g/mol. The average Bonchev–Trinajstić information content (AvgIpc) is 2.23. The van der Waals surface area contributed by atoms with Gasteiger partial charge >= 0.3 is 0 Å². The third kappa shape index (κ3) is 4.06. The summed E-state index contributed by atoms with van der Waals surface area (Å²) in [6.45, 7) is 5.81. The van der Waals surface area contributed by atoms with Gasteiger partial charge in [-0.3, -0.25) is 0 Å². The molecule has 0 saturated carbocycles. The minimum atomic E-state index is 0.356. The van der Waals surface area contributed by atoms with Gasteiger partial charge in [-0.25, -0.2) is 0 Å². The first-order chi connectivity index (χ1) is 7.54. The van der Waals surface area contributed by atoms with E-state index in [2.05, 4.69) is 35.1 Å². The van der Waals surface area contributed by atoms with Gasteiger partial charge in [-0.1, -0.05) is 31.5 Å². The van der Waals surface area contributed by atoms with Gasteiger partial charge in [-0.15, -0.1) is 0 Å². The molecule has 0 aliphatic rings. The lowest BCUT2D eigenvalue weighted by atomic mass is 10.0. The second-order valence-corrected chi connectivity index (χ2v) is 5.48. The highest BCUT2D eigenvalue weighted by Gasteiger charge is 2.10. The van der Waals surface area contributed by atoms with Crippen molar-refractivity contribution in [1.82, 2.24) is 5.32 Å². The highest BCUT2D eigenvalue weighted by atomic mass is 79.9. The Morgan fingerprint density at radius 3 is 2.62 bits per heavy atom. The Hall–Kier alpha value is -0.0900. The largest absolute Gasteiger partial charge is 0.329 e. The summed E-state index contributed by atoms with van der Waals surface area (Å²) in [6, 6.07) is 6.31. The number of nitrogens with two attached hydrogens (primary N) is 1. The van der Waals surface area contributed by atoms with Gasteiger partial charge in [0.25, 0.3) is 0 Å². The third-order valence-corrected chi connectivity index (χ3v) is 3.83. The number of rotatable bonds is 5. The zero-order valence-corrected chi connectivity index (χ0v) is 12.0. The van der Waals surface area contributed by atoms with E-state index in [4.69, 9.17) is 17.3 Å². The first kappa shape index (κ1) is 14.0. The van der Waals surface area contributed by atoms with Crippen molar-refractivity contribution in [2.45, 2.75) is 26.4 Å². The van der Waals surface area contributed by atoms with Crippen molar-refractivity contribution in [2.75, 3.05) is 6.54 Å². The normalized spacial score (nSPS) is 13.1. The topological polar surface area (TPSA) is 38.0 Å². The van der Waals surface area contributed by atoms with E-state index in [1.165, 1.54) is 5.56 Å². The molecule has 1 aromatic carbocycles. The first-order valence-corrected chi connectivity index (χ1v) is 6.59. The molecule has 1 aromatic rings. The minimum Gasteiger partial charge on any atom is -0.329 e. The highest BCUT2D eigenvalue weighted by Crippen LogP contribution is 2.23. The van der Waals surface area contributed by atoms with Crippen LogP contribution >= 0.6 is 27.5 Å². The maximum atomic E-state index is 5.93. The molecule has 1 rings (SSSR count). The molecule has 0 bridgehead atoms. The van der Waals surface area contributed by atoms with E-state index in [1.54, 1.807) is 0 Å². The molecule has 0 aromatic heterocycles. The van der Waals surface area contributed by atoms with Gasteiger partial charge < -0.3 is 11.1 Å². The van der Waals surface area contributed by atoms with Crippen molar-refractivity contribution >= 4 is 27.5 Å². The molecule has 0 spiro atoms. The maximum Gasteiger partial charge on any atom is 0.0548 e. The van der Waals surface area contributed by atoms with Gasteiger partial charge in [-0.2, -0.15) is 0 Å². The van der Waals surface area contributed by atoms with Crippen LogP contribution in [0.2, 0.25) is 5.02 Å². The van der Waals surface area contributed by atoms with Crippen molar-refractivity contribution in [3.8, 4) is 0 Å². The Bertz CT molecular complexity index is 342. The molecule has 0 saturated heterocycles. The summed E-state index contributed by atoms with van der Waals surface area (Å²) < 4.78 is 0.933. The van der Waals surface area contributed by atoms with Gasteiger partial charge in [0.1, 0.15) is 0 Å². The standard InChI is InChI=1S/C12H18BrClN2/c1-8(2)12(6-15)16-7-9-3-4-11(14)10(13)5-9/h3-5,8,12,16H,6-7,15H2,1-2H3. The molecular formula is C12H18BrClN2. The predicted octanol–water partition coefficient (Wildman–Crippen LogP) is 3.18.